The molecule has 0 aliphatic carbocycles. The molecule has 1 heterocycles. The van der Waals surface area contributed by atoms with Crippen LogP contribution in [0.1, 0.15) is 0 Å². The van der Waals surface area contributed by atoms with Gasteiger partial charge in [0, 0.05) is 16.9 Å². The second-order valence-electron chi connectivity index (χ2n) is 0.645. The van der Waals surface area contributed by atoms with Gasteiger partial charge >= 0.3 is 6.34 Å². The van der Waals surface area contributed by atoms with Crippen LogP contribution in [0.15, 0.2) is 4.99 Å². The van der Waals surface area contributed by atoms with E-state index in [-0.39, 0.29) is 0 Å². The Hall–Kier alpha value is -0.270. The Morgan fingerprint density at radius 3 is 3.20 bits per heavy atom. The van der Waals surface area contributed by atoms with Gasteiger partial charge in [0.15, 0.2) is 5.88 Å². The minimum Gasteiger partial charge on any atom is -0.101 e. The summed E-state index contributed by atoms with van der Waals surface area (Å²) < 4.78 is 2.72. The number of nitrogens with zero attached hydrogens (tertiary/aromatic N) is 1. The Balaban J connectivity index is 2.32. The third kappa shape index (κ3) is 0.499. The highest BCUT2D eigenvalue weighted by atomic mass is 32.2. The summed E-state index contributed by atoms with van der Waals surface area (Å²) in [6.07, 6.45) is 2.56. The lowest BCUT2D eigenvalue weighted by atomic mass is 11.3. The average molecular weight is 87.1 g/mol. The molecule has 2 nitrogen and oxygen atoms in total. The molecule has 0 unspecified atom stereocenters. The highest BCUT2D eigenvalue weighted by molar-refractivity contribution is 7.98. The van der Waals surface area contributed by atoms with Crippen LogP contribution in [0.4, 0.5) is 0 Å². The van der Waals surface area contributed by atoms with Gasteiger partial charge in [0.05, 0.1) is 0 Å². The van der Waals surface area contributed by atoms with E-state index in [1.54, 1.807) is 11.9 Å². The molecular weight excluding hydrogens is 84.1 g/mol. The van der Waals surface area contributed by atoms with Crippen molar-refractivity contribution in [1.29, 1.82) is 0 Å². The molecule has 0 radical (unpaired) electrons. The lowest BCUT2D eigenvalue weighted by molar-refractivity contribution is 1.42. The molecule has 0 saturated carbocycles. The molecule has 1 rings (SSSR count). The number of nitrogens with one attached hydrogen (secondary N) is 1. The molecule has 0 atom stereocenters. The van der Waals surface area contributed by atoms with E-state index in [9.17, 15) is 0 Å². The summed E-state index contributed by atoms with van der Waals surface area (Å²) in [4.78, 5) is 3.69. The lowest BCUT2D eigenvalue weighted by Gasteiger charge is -1.60. The molecule has 5 heavy (non-hydrogen) atoms. The quantitative estimate of drug-likeness (QED) is 0.335. The zero-order valence-corrected chi connectivity index (χ0v) is 3.38. The summed E-state index contributed by atoms with van der Waals surface area (Å²) >= 11 is 1.55. The molecule has 0 aromatic carbocycles. The van der Waals surface area contributed by atoms with Crippen molar-refractivity contribution in [3.63, 3.8) is 0 Å². The summed E-state index contributed by atoms with van der Waals surface area (Å²) in [6, 6.07) is 0. The molecule has 1 N–H and O–H groups in total. The van der Waals surface area contributed by atoms with E-state index in [4.69, 9.17) is 0 Å². The van der Waals surface area contributed by atoms with Gasteiger partial charge in [0.25, 0.3) is 0 Å². The van der Waals surface area contributed by atoms with E-state index < -0.39 is 0 Å². The predicted octanol–water partition coefficient (Wildman–Crippen LogP) is 0.101. The first kappa shape index (κ1) is 2.94. The standard InChI is InChI=1S/C2H3N2S/c1-3-2-5-4-1/h2H2,(H,3,4)/q+1. The van der Waals surface area contributed by atoms with Crippen LogP contribution >= 0.6 is 11.9 Å². The van der Waals surface area contributed by atoms with Gasteiger partial charge in [-0.1, -0.05) is 0 Å². The summed E-state index contributed by atoms with van der Waals surface area (Å²) in [6.45, 7) is 0. The Kier molecular flexibility index (Phi) is 0.731. The summed E-state index contributed by atoms with van der Waals surface area (Å²) in [7, 11) is 0. The maximum absolute atomic E-state index is 3.69. The summed E-state index contributed by atoms with van der Waals surface area (Å²) in [5.41, 5.74) is 0. The fourth-order valence-corrected chi connectivity index (χ4v) is 0.484. The Morgan fingerprint density at radius 2 is 3.00 bits per heavy atom. The second-order valence-corrected chi connectivity index (χ2v) is 1.40. The van der Waals surface area contributed by atoms with E-state index >= 15 is 0 Å². The van der Waals surface area contributed by atoms with Crippen molar-refractivity contribution in [2.24, 2.45) is 4.99 Å². The van der Waals surface area contributed by atoms with Crippen molar-refractivity contribution in [2.45, 2.75) is 0 Å². The van der Waals surface area contributed by atoms with Crippen LogP contribution < -0.4 is 4.72 Å². The normalized spacial score (nSPS) is 17.6. The maximum atomic E-state index is 3.69. The van der Waals surface area contributed by atoms with Gasteiger partial charge in [0.1, 0.15) is 0 Å². The highest BCUT2D eigenvalue weighted by Crippen LogP contribution is 1.94. The Labute approximate surface area is 34.8 Å². The summed E-state index contributed by atoms with van der Waals surface area (Å²) in [5, 5.41) is 0. The third-order valence-electron chi connectivity index (χ3n) is 0.326. The molecule has 0 aromatic heterocycles. The van der Waals surface area contributed by atoms with Crippen LogP contribution in [-0.4, -0.2) is 12.2 Å². The zero-order valence-electron chi connectivity index (χ0n) is 2.56. The highest BCUT2D eigenvalue weighted by Gasteiger charge is 2.02. The smallest absolute Gasteiger partial charge is 0.101 e. The summed E-state index contributed by atoms with van der Waals surface area (Å²) in [5.74, 6) is 0.819. The molecule has 0 amide bonds. The molecule has 1 aliphatic rings. The van der Waals surface area contributed by atoms with E-state index in [0.717, 1.165) is 5.88 Å². The monoisotopic (exact) mass is 87.0 g/mol. The Bertz CT molecular complexity index is 45.6. The second kappa shape index (κ2) is 1.24. The molecule has 1 aliphatic heterocycles. The molecule has 0 saturated heterocycles. The van der Waals surface area contributed by atoms with Gasteiger partial charge in [-0.25, -0.2) is 0 Å². The zero-order chi connectivity index (χ0) is 3.54. The molecular formula is C2H3N2S+. The van der Waals surface area contributed by atoms with Crippen LogP contribution in [-0.2, 0) is 0 Å². The van der Waals surface area contributed by atoms with Crippen molar-refractivity contribution in [1.82, 2.24) is 4.72 Å². The minimum absolute atomic E-state index is 0.819. The molecule has 3 heteroatoms. The van der Waals surface area contributed by atoms with Gasteiger partial charge in [-0.15, -0.1) is 4.72 Å². The number of aliphatic imine (C=N–C) groups is 1. The molecule has 0 fully saturated rings. The van der Waals surface area contributed by atoms with E-state index in [0.29, 0.717) is 0 Å². The number of hydrogen-bond acceptors (Lipinski definition) is 3. The molecule has 0 bridgehead atoms. The van der Waals surface area contributed by atoms with Crippen LogP contribution in [0, 0.1) is 0 Å². The van der Waals surface area contributed by atoms with Crippen LogP contribution in [0.5, 0.6) is 0 Å². The van der Waals surface area contributed by atoms with Crippen molar-refractivity contribution in [2.75, 3.05) is 5.88 Å². The van der Waals surface area contributed by atoms with Crippen molar-refractivity contribution in [3.8, 4) is 0 Å². The van der Waals surface area contributed by atoms with Crippen LogP contribution in [0.25, 0.3) is 0 Å². The number of rotatable bonds is 0. The van der Waals surface area contributed by atoms with Gasteiger partial charge in [-0.2, -0.15) is 0 Å². The molecule has 26 valence electrons. The van der Waals surface area contributed by atoms with Crippen LogP contribution in [0.2, 0.25) is 0 Å². The minimum atomic E-state index is 0.819. The largest absolute Gasteiger partial charge is 0.527 e. The van der Waals surface area contributed by atoms with Crippen molar-refractivity contribution >= 4 is 18.3 Å². The van der Waals surface area contributed by atoms with Gasteiger partial charge < -0.3 is 0 Å². The van der Waals surface area contributed by atoms with E-state index in [1.165, 1.54) is 0 Å². The average Bonchev–Trinajstić information content (AvgIpc) is 1.76. The van der Waals surface area contributed by atoms with Gasteiger partial charge in [-0.3, -0.25) is 0 Å². The first-order chi connectivity index (χ1) is 2.50. The SMILES string of the molecule is [C+]1=NCSN1. The van der Waals surface area contributed by atoms with E-state index in [2.05, 4.69) is 16.1 Å². The van der Waals surface area contributed by atoms with Crippen LogP contribution in [0.3, 0.4) is 0 Å². The Morgan fingerprint density at radius 1 is 2.00 bits per heavy atom. The fraction of sp³-hybridized carbons (Fsp3) is 0.500. The predicted molar refractivity (Wildman–Crippen MR) is 23.0 cm³/mol. The van der Waals surface area contributed by atoms with Gasteiger partial charge in [0.2, 0.25) is 0 Å². The van der Waals surface area contributed by atoms with Gasteiger partial charge in [-0.05, 0) is 0 Å². The van der Waals surface area contributed by atoms with Crippen molar-refractivity contribution in [3.05, 3.63) is 0 Å². The van der Waals surface area contributed by atoms with Crippen molar-refractivity contribution < 1.29 is 0 Å². The lowest BCUT2D eigenvalue weighted by Crippen LogP contribution is -1.87. The molecule has 0 spiro atoms. The molecule has 0 aromatic rings. The number of hydrogen-bond donors (Lipinski definition) is 1. The van der Waals surface area contributed by atoms with E-state index in [1.807, 2.05) is 0 Å². The topological polar surface area (TPSA) is 24.4 Å². The first-order valence-corrected chi connectivity index (χ1v) is 2.27. The third-order valence-corrected chi connectivity index (χ3v) is 0.820. The maximum Gasteiger partial charge on any atom is 0.527 e. The fourth-order valence-electron chi connectivity index (χ4n) is 0.161. The first-order valence-electron chi connectivity index (χ1n) is 1.28.